The van der Waals surface area contributed by atoms with Crippen molar-refractivity contribution in [2.24, 2.45) is 5.73 Å². The monoisotopic (exact) mass is 272 g/mol. The van der Waals surface area contributed by atoms with E-state index in [9.17, 15) is 18.0 Å². The lowest BCUT2D eigenvalue weighted by molar-refractivity contribution is -0.0521. The van der Waals surface area contributed by atoms with Crippen LogP contribution in [0.15, 0.2) is 18.2 Å². The predicted octanol–water partition coefficient (Wildman–Crippen LogP) is 1.31. The first kappa shape index (κ1) is 12.9. The summed E-state index contributed by atoms with van der Waals surface area (Å²) in [5.74, 6) is -2.48. The molecule has 0 radical (unpaired) electrons. The number of alkyl halides is 2. The summed E-state index contributed by atoms with van der Waals surface area (Å²) in [7, 11) is 0. The maximum Gasteiger partial charge on any atom is 0.387 e. The van der Waals surface area contributed by atoms with E-state index in [1.807, 2.05) is 0 Å². The van der Waals surface area contributed by atoms with E-state index < -0.39 is 24.1 Å². The van der Waals surface area contributed by atoms with Crippen LogP contribution in [0.2, 0.25) is 0 Å². The maximum atomic E-state index is 13.5. The molecule has 3 N–H and O–H groups in total. The number of hydrogen-bond donors (Lipinski definition) is 2. The minimum Gasteiger partial charge on any atom is -0.432 e. The Morgan fingerprint density at radius 3 is 2.68 bits per heavy atom. The van der Waals surface area contributed by atoms with Crippen LogP contribution < -0.4 is 10.5 Å². The third kappa shape index (κ3) is 2.64. The molecule has 2 aromatic rings. The van der Waals surface area contributed by atoms with Crippen molar-refractivity contribution in [3.63, 3.8) is 0 Å². The van der Waals surface area contributed by atoms with Crippen molar-refractivity contribution in [2.45, 2.75) is 6.61 Å². The fourth-order valence-electron chi connectivity index (χ4n) is 1.44. The van der Waals surface area contributed by atoms with Crippen LogP contribution in [0.1, 0.15) is 10.5 Å². The molecule has 0 saturated heterocycles. The minimum atomic E-state index is -3.13. The molecule has 19 heavy (non-hydrogen) atoms. The van der Waals surface area contributed by atoms with Gasteiger partial charge in [-0.05, 0) is 18.2 Å². The van der Waals surface area contributed by atoms with E-state index >= 15 is 0 Å². The zero-order valence-corrected chi connectivity index (χ0v) is 9.23. The van der Waals surface area contributed by atoms with Crippen molar-refractivity contribution >= 4 is 5.91 Å². The Bertz CT molecular complexity index is 615. The Balaban J connectivity index is 2.39. The lowest BCUT2D eigenvalue weighted by atomic mass is 10.1. The van der Waals surface area contributed by atoms with Crippen molar-refractivity contribution in [1.82, 2.24) is 15.4 Å². The number of ether oxygens (including phenoxy) is 1. The average Bonchev–Trinajstić information content (AvgIpc) is 2.80. The number of nitrogens with two attached hydrogens (primary N) is 1. The molecule has 1 heterocycles. The second-order valence-corrected chi connectivity index (χ2v) is 3.41. The van der Waals surface area contributed by atoms with Crippen LogP contribution >= 0.6 is 0 Å². The second kappa shape index (κ2) is 4.96. The lowest BCUT2D eigenvalue weighted by Crippen LogP contribution is -2.12. The number of nitrogens with one attached hydrogen (secondary N) is 1. The number of hydrogen-bond acceptors (Lipinski definition) is 4. The molecule has 100 valence electrons. The highest BCUT2D eigenvalue weighted by Gasteiger charge is 2.17. The van der Waals surface area contributed by atoms with Crippen LogP contribution in [0.25, 0.3) is 11.3 Å². The number of amides is 1. The number of carbonyl (C=O) groups excluding carboxylic acids is 1. The topological polar surface area (TPSA) is 93.9 Å². The number of aromatic amines is 1. The van der Waals surface area contributed by atoms with Crippen LogP contribution in [0.4, 0.5) is 13.2 Å². The summed E-state index contributed by atoms with van der Waals surface area (Å²) in [4.78, 5) is 11.0. The van der Waals surface area contributed by atoms with Crippen molar-refractivity contribution in [3.05, 3.63) is 29.7 Å². The molecule has 0 spiro atoms. The first-order chi connectivity index (χ1) is 8.99. The zero-order valence-electron chi connectivity index (χ0n) is 9.23. The normalized spacial score (nSPS) is 10.7. The molecule has 0 unspecified atom stereocenters. The van der Waals surface area contributed by atoms with Gasteiger partial charge in [0.25, 0.3) is 5.91 Å². The smallest absolute Gasteiger partial charge is 0.387 e. The van der Waals surface area contributed by atoms with Gasteiger partial charge in [0.15, 0.2) is 17.3 Å². The first-order valence-electron chi connectivity index (χ1n) is 4.94. The molecule has 9 heteroatoms. The number of aromatic nitrogens is 3. The number of H-pyrrole nitrogens is 1. The summed E-state index contributed by atoms with van der Waals surface area (Å²) in [6.45, 7) is -3.13. The number of carbonyl (C=O) groups is 1. The van der Waals surface area contributed by atoms with Gasteiger partial charge in [0.2, 0.25) is 0 Å². The molecule has 0 aliphatic carbocycles. The van der Waals surface area contributed by atoms with E-state index in [0.29, 0.717) is 0 Å². The van der Waals surface area contributed by atoms with E-state index in [1.165, 1.54) is 6.07 Å². The highest BCUT2D eigenvalue weighted by Crippen LogP contribution is 2.26. The van der Waals surface area contributed by atoms with Gasteiger partial charge < -0.3 is 10.5 Å². The molecule has 0 atom stereocenters. The van der Waals surface area contributed by atoms with Crippen molar-refractivity contribution in [1.29, 1.82) is 0 Å². The van der Waals surface area contributed by atoms with Crippen molar-refractivity contribution in [2.75, 3.05) is 0 Å². The Morgan fingerprint density at radius 2 is 2.11 bits per heavy atom. The molecule has 1 aromatic carbocycles. The van der Waals surface area contributed by atoms with Gasteiger partial charge in [-0.1, -0.05) is 0 Å². The summed E-state index contributed by atoms with van der Waals surface area (Å²) in [6.07, 6.45) is 0. The summed E-state index contributed by atoms with van der Waals surface area (Å²) in [6, 6.07) is 3.14. The Morgan fingerprint density at radius 1 is 1.37 bits per heavy atom. The minimum absolute atomic E-state index is 0.0231. The maximum absolute atomic E-state index is 13.5. The average molecular weight is 272 g/mol. The molecule has 0 fully saturated rings. The molecule has 6 nitrogen and oxygen atoms in total. The molecule has 2 rings (SSSR count). The standard InChI is InChI=1S/C10H7F3N4O2/c11-5-3-4(1-2-6(5)19-10(12)13)7-8(9(14)18)16-17-15-7/h1-3,10H,(H2,14,18)(H,15,16,17). The van der Waals surface area contributed by atoms with Crippen LogP contribution in [0, 0.1) is 5.82 Å². The molecule has 1 aromatic heterocycles. The highest BCUT2D eigenvalue weighted by atomic mass is 19.3. The van der Waals surface area contributed by atoms with Gasteiger partial charge in [-0.25, -0.2) is 4.39 Å². The third-order valence-corrected chi connectivity index (χ3v) is 2.20. The third-order valence-electron chi connectivity index (χ3n) is 2.20. The van der Waals surface area contributed by atoms with Gasteiger partial charge in [-0.2, -0.15) is 24.2 Å². The number of rotatable bonds is 4. The largest absolute Gasteiger partial charge is 0.432 e. The van der Waals surface area contributed by atoms with Gasteiger partial charge in [0.1, 0.15) is 5.69 Å². The van der Waals surface area contributed by atoms with Crippen LogP contribution in [-0.4, -0.2) is 27.9 Å². The number of benzene rings is 1. The van der Waals surface area contributed by atoms with Gasteiger partial charge in [-0.15, -0.1) is 0 Å². The fraction of sp³-hybridized carbons (Fsp3) is 0.100. The zero-order chi connectivity index (χ0) is 14.0. The Hall–Kier alpha value is -2.58. The van der Waals surface area contributed by atoms with Gasteiger partial charge >= 0.3 is 6.61 Å². The van der Waals surface area contributed by atoms with Crippen molar-refractivity contribution < 1.29 is 22.7 Å². The van der Waals surface area contributed by atoms with Crippen molar-refractivity contribution in [3.8, 4) is 17.0 Å². The van der Waals surface area contributed by atoms with Crippen LogP contribution in [0.3, 0.4) is 0 Å². The SMILES string of the molecule is NC(=O)c1n[nH]nc1-c1ccc(OC(F)F)c(F)c1. The predicted molar refractivity (Wildman–Crippen MR) is 56.9 cm³/mol. The Labute approximate surface area is 104 Å². The lowest BCUT2D eigenvalue weighted by Gasteiger charge is -2.06. The second-order valence-electron chi connectivity index (χ2n) is 3.41. The molecule has 0 aliphatic heterocycles. The fourth-order valence-corrected chi connectivity index (χ4v) is 1.44. The number of nitrogens with zero attached hydrogens (tertiary/aromatic N) is 2. The quantitative estimate of drug-likeness (QED) is 0.877. The summed E-state index contributed by atoms with van der Waals surface area (Å²) < 4.78 is 41.4. The molecule has 1 amide bonds. The van der Waals surface area contributed by atoms with E-state index in [4.69, 9.17) is 5.73 Å². The summed E-state index contributed by atoms with van der Waals surface area (Å²) in [5, 5.41) is 9.32. The molecular weight excluding hydrogens is 265 g/mol. The molecule has 0 bridgehead atoms. The number of halogens is 3. The van der Waals surface area contributed by atoms with Gasteiger partial charge in [-0.3, -0.25) is 4.79 Å². The van der Waals surface area contributed by atoms with E-state index in [2.05, 4.69) is 20.1 Å². The van der Waals surface area contributed by atoms with E-state index in [1.54, 1.807) is 0 Å². The van der Waals surface area contributed by atoms with E-state index in [0.717, 1.165) is 12.1 Å². The number of primary amides is 1. The highest BCUT2D eigenvalue weighted by molar-refractivity contribution is 5.96. The van der Waals surface area contributed by atoms with E-state index in [-0.39, 0.29) is 17.0 Å². The summed E-state index contributed by atoms with van der Waals surface area (Å²) in [5.41, 5.74) is 5.05. The van der Waals surface area contributed by atoms with Crippen LogP contribution in [0.5, 0.6) is 5.75 Å². The van der Waals surface area contributed by atoms with Gasteiger partial charge in [0.05, 0.1) is 0 Å². The first-order valence-corrected chi connectivity index (χ1v) is 4.94. The Kier molecular flexibility index (Phi) is 3.36. The molecular formula is C10H7F3N4O2. The molecule has 0 aliphatic rings. The summed E-state index contributed by atoms with van der Waals surface area (Å²) >= 11 is 0. The van der Waals surface area contributed by atoms with Crippen LogP contribution in [-0.2, 0) is 0 Å². The van der Waals surface area contributed by atoms with Gasteiger partial charge in [0, 0.05) is 5.56 Å². The molecule has 0 saturated carbocycles.